The van der Waals surface area contributed by atoms with Gasteiger partial charge >= 0.3 is 0 Å². The second-order valence-electron chi connectivity index (χ2n) is 5.44. The lowest BCUT2D eigenvalue weighted by atomic mass is 10.1. The standard InChI is InChI=1S/C17H13F2N3O3/c18-13-7-12(8-14(19)9-13)16-4-5-17(23)21(20-16)10-11-2-1-3-15(6-11)22(24)25/h1-9,17,23H,10H2. The Morgan fingerprint density at radius 3 is 2.60 bits per heavy atom. The normalized spacial score (nSPS) is 16.7. The van der Waals surface area contributed by atoms with E-state index in [9.17, 15) is 24.0 Å². The Hall–Kier alpha value is -3.13. The molecule has 1 N–H and O–H groups in total. The maximum Gasteiger partial charge on any atom is 0.269 e. The maximum absolute atomic E-state index is 13.4. The van der Waals surface area contributed by atoms with Crippen molar-refractivity contribution in [1.82, 2.24) is 5.01 Å². The summed E-state index contributed by atoms with van der Waals surface area (Å²) in [4.78, 5) is 10.3. The number of hydrogen-bond donors (Lipinski definition) is 1. The van der Waals surface area contributed by atoms with Crippen LogP contribution in [0.5, 0.6) is 0 Å². The van der Waals surface area contributed by atoms with Crippen LogP contribution >= 0.6 is 0 Å². The number of rotatable bonds is 4. The van der Waals surface area contributed by atoms with Crippen molar-refractivity contribution in [2.45, 2.75) is 12.8 Å². The molecule has 0 aromatic heterocycles. The largest absolute Gasteiger partial charge is 0.369 e. The molecule has 0 spiro atoms. The number of aliphatic hydroxyl groups is 1. The Kier molecular flexibility index (Phi) is 4.53. The first-order chi connectivity index (χ1) is 11.9. The molecule has 0 amide bonds. The fraction of sp³-hybridized carbons (Fsp3) is 0.118. The summed E-state index contributed by atoms with van der Waals surface area (Å²) in [6, 6.07) is 8.96. The van der Waals surface area contributed by atoms with Gasteiger partial charge in [0.2, 0.25) is 0 Å². The summed E-state index contributed by atoms with van der Waals surface area (Å²) in [5, 5.41) is 26.3. The molecule has 0 saturated heterocycles. The molecule has 0 saturated carbocycles. The van der Waals surface area contributed by atoms with Crippen molar-refractivity contribution >= 4 is 11.4 Å². The number of aliphatic hydroxyl groups excluding tert-OH is 1. The van der Waals surface area contributed by atoms with Crippen LogP contribution in [0.25, 0.3) is 0 Å². The van der Waals surface area contributed by atoms with Gasteiger partial charge in [0.1, 0.15) is 11.6 Å². The maximum atomic E-state index is 13.4. The number of halogens is 2. The average molecular weight is 345 g/mol. The molecule has 128 valence electrons. The van der Waals surface area contributed by atoms with Gasteiger partial charge in [0.15, 0.2) is 6.23 Å². The highest BCUT2D eigenvalue weighted by atomic mass is 19.1. The lowest BCUT2D eigenvalue weighted by molar-refractivity contribution is -0.384. The predicted molar refractivity (Wildman–Crippen MR) is 86.7 cm³/mol. The fourth-order valence-electron chi connectivity index (χ4n) is 2.45. The van der Waals surface area contributed by atoms with Crippen molar-refractivity contribution < 1.29 is 18.8 Å². The zero-order valence-electron chi connectivity index (χ0n) is 12.8. The molecule has 6 nitrogen and oxygen atoms in total. The smallest absolute Gasteiger partial charge is 0.269 e. The molecule has 2 aromatic rings. The van der Waals surface area contributed by atoms with E-state index in [1.54, 1.807) is 6.07 Å². The molecule has 2 aromatic carbocycles. The van der Waals surface area contributed by atoms with Gasteiger partial charge in [0.25, 0.3) is 5.69 Å². The number of nitro benzene ring substituents is 1. The molecule has 1 aliphatic heterocycles. The van der Waals surface area contributed by atoms with Crippen LogP contribution in [-0.4, -0.2) is 27.0 Å². The van der Waals surface area contributed by atoms with Gasteiger partial charge in [0.05, 0.1) is 17.2 Å². The van der Waals surface area contributed by atoms with Crippen LogP contribution < -0.4 is 0 Å². The summed E-state index contributed by atoms with van der Waals surface area (Å²) in [6.07, 6.45) is 1.83. The second kappa shape index (κ2) is 6.78. The van der Waals surface area contributed by atoms with Crippen molar-refractivity contribution in [3.05, 3.63) is 87.5 Å². The van der Waals surface area contributed by atoms with E-state index in [1.807, 2.05) is 0 Å². The molecule has 1 atom stereocenters. The molecule has 0 radical (unpaired) electrons. The number of hydrogen-bond acceptors (Lipinski definition) is 5. The van der Waals surface area contributed by atoms with Crippen molar-refractivity contribution in [1.29, 1.82) is 0 Å². The quantitative estimate of drug-likeness (QED) is 0.682. The van der Waals surface area contributed by atoms with Gasteiger partial charge < -0.3 is 5.11 Å². The van der Waals surface area contributed by atoms with E-state index in [0.29, 0.717) is 5.56 Å². The number of hydrazone groups is 1. The number of nitro groups is 1. The molecule has 1 heterocycles. The van der Waals surface area contributed by atoms with E-state index in [0.717, 1.165) is 18.2 Å². The van der Waals surface area contributed by atoms with E-state index in [1.165, 1.54) is 35.4 Å². The fourth-order valence-corrected chi connectivity index (χ4v) is 2.45. The summed E-state index contributed by atoms with van der Waals surface area (Å²) in [6.45, 7) is 0.0918. The molecular formula is C17H13F2N3O3. The van der Waals surface area contributed by atoms with Gasteiger partial charge in [-0.25, -0.2) is 8.78 Å². The van der Waals surface area contributed by atoms with E-state index in [2.05, 4.69) is 5.10 Å². The lowest BCUT2D eigenvalue weighted by Gasteiger charge is -2.27. The Morgan fingerprint density at radius 2 is 1.92 bits per heavy atom. The first kappa shape index (κ1) is 16.7. The van der Waals surface area contributed by atoms with Crippen LogP contribution in [0, 0.1) is 21.7 Å². The Morgan fingerprint density at radius 1 is 1.20 bits per heavy atom. The van der Waals surface area contributed by atoms with Crippen LogP contribution in [0.2, 0.25) is 0 Å². The highest BCUT2D eigenvalue weighted by Gasteiger charge is 2.19. The number of non-ortho nitro benzene ring substituents is 1. The molecule has 0 aliphatic carbocycles. The summed E-state index contributed by atoms with van der Waals surface area (Å²) in [5.74, 6) is -1.47. The van der Waals surface area contributed by atoms with Gasteiger partial charge in [-0.2, -0.15) is 5.10 Å². The number of nitrogens with zero attached hydrogens (tertiary/aromatic N) is 3. The van der Waals surface area contributed by atoms with E-state index >= 15 is 0 Å². The molecule has 8 heteroatoms. The minimum absolute atomic E-state index is 0.0732. The van der Waals surface area contributed by atoms with Crippen LogP contribution in [0.15, 0.2) is 59.7 Å². The predicted octanol–water partition coefficient (Wildman–Crippen LogP) is 2.97. The number of benzene rings is 2. The first-order valence-electron chi connectivity index (χ1n) is 7.34. The average Bonchev–Trinajstić information content (AvgIpc) is 2.56. The van der Waals surface area contributed by atoms with Crippen molar-refractivity contribution in [3.63, 3.8) is 0 Å². The third kappa shape index (κ3) is 3.86. The van der Waals surface area contributed by atoms with Crippen molar-refractivity contribution in [3.8, 4) is 0 Å². The van der Waals surface area contributed by atoms with E-state index in [4.69, 9.17) is 0 Å². The molecular weight excluding hydrogens is 332 g/mol. The summed E-state index contributed by atoms with van der Waals surface area (Å²) in [5.41, 5.74) is 0.992. The lowest BCUT2D eigenvalue weighted by Crippen LogP contribution is -2.32. The van der Waals surface area contributed by atoms with Gasteiger partial charge in [-0.15, -0.1) is 0 Å². The summed E-state index contributed by atoms with van der Waals surface area (Å²) in [7, 11) is 0. The Labute approximate surface area is 141 Å². The highest BCUT2D eigenvalue weighted by Crippen LogP contribution is 2.19. The third-order valence-corrected chi connectivity index (χ3v) is 3.59. The van der Waals surface area contributed by atoms with Crippen molar-refractivity contribution in [2.75, 3.05) is 0 Å². The minimum Gasteiger partial charge on any atom is -0.369 e. The van der Waals surface area contributed by atoms with Gasteiger partial charge in [-0.1, -0.05) is 12.1 Å². The molecule has 0 fully saturated rings. The monoisotopic (exact) mass is 345 g/mol. The van der Waals surface area contributed by atoms with Crippen LogP contribution in [0.1, 0.15) is 11.1 Å². The second-order valence-corrected chi connectivity index (χ2v) is 5.44. The van der Waals surface area contributed by atoms with E-state index in [-0.39, 0.29) is 23.5 Å². The van der Waals surface area contributed by atoms with Crippen LogP contribution in [0.3, 0.4) is 0 Å². The van der Waals surface area contributed by atoms with E-state index < -0.39 is 22.8 Å². The van der Waals surface area contributed by atoms with Gasteiger partial charge in [-0.05, 0) is 29.8 Å². The molecule has 25 heavy (non-hydrogen) atoms. The first-order valence-corrected chi connectivity index (χ1v) is 7.34. The molecule has 1 unspecified atom stereocenters. The zero-order valence-corrected chi connectivity index (χ0v) is 12.8. The Bertz CT molecular complexity index is 863. The summed E-state index contributed by atoms with van der Waals surface area (Å²) < 4.78 is 26.8. The molecule has 1 aliphatic rings. The highest BCUT2D eigenvalue weighted by molar-refractivity contribution is 6.08. The third-order valence-electron chi connectivity index (χ3n) is 3.59. The minimum atomic E-state index is -1.05. The van der Waals surface area contributed by atoms with Crippen LogP contribution in [0.4, 0.5) is 14.5 Å². The Balaban J connectivity index is 1.88. The van der Waals surface area contributed by atoms with Crippen molar-refractivity contribution in [2.24, 2.45) is 5.10 Å². The van der Waals surface area contributed by atoms with Crippen LogP contribution in [-0.2, 0) is 6.54 Å². The number of allylic oxidation sites excluding steroid dienone is 1. The zero-order chi connectivity index (χ0) is 18.0. The SMILES string of the molecule is O=[N+]([O-])c1cccc(CN2N=C(c3cc(F)cc(F)c3)C=CC2O)c1. The van der Waals surface area contributed by atoms with Gasteiger partial charge in [-0.3, -0.25) is 15.1 Å². The topological polar surface area (TPSA) is 79.0 Å². The molecule has 3 rings (SSSR count). The van der Waals surface area contributed by atoms with Gasteiger partial charge in [0, 0.05) is 23.8 Å². The molecule has 0 bridgehead atoms. The summed E-state index contributed by atoms with van der Waals surface area (Å²) >= 11 is 0.